The Morgan fingerprint density at radius 2 is 2.04 bits per heavy atom. The Hall–Kier alpha value is -3.00. The predicted octanol–water partition coefficient (Wildman–Crippen LogP) is 2.01. The molecule has 1 fully saturated rings. The zero-order valence-electron chi connectivity index (χ0n) is 15.3. The number of imidazole rings is 1. The van der Waals surface area contributed by atoms with Gasteiger partial charge in [-0.25, -0.2) is 9.67 Å². The Labute approximate surface area is 157 Å². The summed E-state index contributed by atoms with van der Waals surface area (Å²) in [5.74, 6) is 0.216. The number of benzene rings is 1. The minimum atomic E-state index is -0.284. The SMILES string of the molecule is Cc1c(C(=O)Nc2nccn2Cc2ccccc2)nnn1C1CCNCC1. The molecular formula is C19H23N7O. The average molecular weight is 365 g/mol. The van der Waals surface area contributed by atoms with Crippen molar-refractivity contribution in [3.8, 4) is 0 Å². The first-order valence-electron chi connectivity index (χ1n) is 9.21. The van der Waals surface area contributed by atoms with Gasteiger partial charge in [-0.1, -0.05) is 35.5 Å². The van der Waals surface area contributed by atoms with Gasteiger partial charge in [0.05, 0.1) is 18.3 Å². The van der Waals surface area contributed by atoms with Crippen LogP contribution in [-0.4, -0.2) is 43.5 Å². The van der Waals surface area contributed by atoms with E-state index in [1.165, 1.54) is 0 Å². The van der Waals surface area contributed by atoms with E-state index in [4.69, 9.17) is 0 Å². The molecule has 8 heteroatoms. The van der Waals surface area contributed by atoms with E-state index < -0.39 is 0 Å². The molecule has 1 aromatic carbocycles. The minimum absolute atomic E-state index is 0.284. The van der Waals surface area contributed by atoms with Gasteiger partial charge in [0.1, 0.15) is 0 Å². The van der Waals surface area contributed by atoms with Crippen LogP contribution in [0.25, 0.3) is 0 Å². The van der Waals surface area contributed by atoms with Crippen LogP contribution in [0.5, 0.6) is 0 Å². The van der Waals surface area contributed by atoms with Gasteiger partial charge in [0.25, 0.3) is 5.91 Å². The van der Waals surface area contributed by atoms with Gasteiger partial charge in [-0.15, -0.1) is 5.10 Å². The molecular weight excluding hydrogens is 342 g/mol. The summed E-state index contributed by atoms with van der Waals surface area (Å²) < 4.78 is 3.78. The van der Waals surface area contributed by atoms with E-state index in [2.05, 4.69) is 25.9 Å². The molecule has 1 aliphatic heterocycles. The summed E-state index contributed by atoms with van der Waals surface area (Å²) in [4.78, 5) is 17.0. The van der Waals surface area contributed by atoms with Crippen LogP contribution in [0.4, 0.5) is 5.95 Å². The lowest BCUT2D eigenvalue weighted by Gasteiger charge is -2.23. The third kappa shape index (κ3) is 3.75. The van der Waals surface area contributed by atoms with Crippen LogP contribution < -0.4 is 10.6 Å². The molecule has 3 aromatic rings. The first-order chi connectivity index (χ1) is 13.2. The van der Waals surface area contributed by atoms with Crippen molar-refractivity contribution in [2.45, 2.75) is 32.4 Å². The lowest BCUT2D eigenvalue weighted by atomic mass is 10.1. The van der Waals surface area contributed by atoms with Crippen LogP contribution in [0, 0.1) is 6.92 Å². The Kier molecular flexibility index (Phi) is 4.97. The molecule has 4 rings (SSSR count). The van der Waals surface area contributed by atoms with Gasteiger partial charge in [-0.3, -0.25) is 10.1 Å². The summed E-state index contributed by atoms with van der Waals surface area (Å²) in [6.45, 7) is 4.45. The van der Waals surface area contributed by atoms with Crippen LogP contribution in [0.15, 0.2) is 42.7 Å². The number of hydrogen-bond acceptors (Lipinski definition) is 5. The minimum Gasteiger partial charge on any atom is -0.317 e. The van der Waals surface area contributed by atoms with Crippen molar-refractivity contribution in [1.29, 1.82) is 0 Å². The normalized spacial score (nSPS) is 15.0. The molecule has 0 spiro atoms. The molecule has 0 atom stereocenters. The third-order valence-electron chi connectivity index (χ3n) is 4.93. The Morgan fingerprint density at radius 3 is 2.81 bits per heavy atom. The van der Waals surface area contributed by atoms with Crippen molar-refractivity contribution in [3.63, 3.8) is 0 Å². The lowest BCUT2D eigenvalue weighted by Crippen LogP contribution is -2.30. The molecule has 0 saturated carbocycles. The first-order valence-corrected chi connectivity index (χ1v) is 9.21. The monoisotopic (exact) mass is 365 g/mol. The Balaban J connectivity index is 1.49. The fourth-order valence-electron chi connectivity index (χ4n) is 3.45. The number of nitrogens with one attached hydrogen (secondary N) is 2. The van der Waals surface area contributed by atoms with E-state index in [0.29, 0.717) is 24.2 Å². The van der Waals surface area contributed by atoms with Crippen molar-refractivity contribution in [1.82, 2.24) is 29.9 Å². The highest BCUT2D eigenvalue weighted by Crippen LogP contribution is 2.20. The van der Waals surface area contributed by atoms with Crippen molar-refractivity contribution < 1.29 is 4.79 Å². The standard InChI is InChI=1S/C19H23N7O/c1-14-17(23-24-26(14)16-7-9-20-10-8-16)18(27)22-19-21-11-12-25(19)13-15-5-3-2-4-6-15/h2-6,11-12,16,20H,7-10,13H2,1H3,(H,21,22,27). The van der Waals surface area contributed by atoms with Gasteiger partial charge in [0.15, 0.2) is 5.69 Å². The number of carbonyl (C=O) groups is 1. The van der Waals surface area contributed by atoms with Crippen LogP contribution in [-0.2, 0) is 6.54 Å². The number of amides is 1. The fraction of sp³-hybridized carbons (Fsp3) is 0.368. The number of aromatic nitrogens is 5. The maximum Gasteiger partial charge on any atom is 0.280 e. The maximum atomic E-state index is 12.7. The quantitative estimate of drug-likeness (QED) is 0.722. The van der Waals surface area contributed by atoms with E-state index in [0.717, 1.165) is 37.2 Å². The summed E-state index contributed by atoms with van der Waals surface area (Å²) in [5, 5.41) is 14.6. The fourth-order valence-corrected chi connectivity index (χ4v) is 3.45. The van der Waals surface area contributed by atoms with Crippen LogP contribution in [0.2, 0.25) is 0 Å². The predicted molar refractivity (Wildman–Crippen MR) is 102 cm³/mol. The molecule has 0 bridgehead atoms. The number of rotatable bonds is 5. The van der Waals surface area contributed by atoms with Crippen molar-refractivity contribution in [3.05, 3.63) is 59.7 Å². The van der Waals surface area contributed by atoms with Gasteiger partial charge in [0.2, 0.25) is 5.95 Å². The second kappa shape index (κ2) is 7.71. The summed E-state index contributed by atoms with van der Waals surface area (Å²) in [6, 6.07) is 10.3. The molecule has 0 aliphatic carbocycles. The van der Waals surface area contributed by atoms with Crippen LogP contribution in [0.3, 0.4) is 0 Å². The number of carbonyl (C=O) groups excluding carboxylic acids is 1. The number of anilines is 1. The van der Waals surface area contributed by atoms with E-state index >= 15 is 0 Å². The summed E-state index contributed by atoms with van der Waals surface area (Å²) >= 11 is 0. The van der Waals surface area contributed by atoms with Gasteiger partial charge in [0, 0.05) is 12.4 Å². The third-order valence-corrected chi connectivity index (χ3v) is 4.93. The molecule has 3 heterocycles. The Bertz CT molecular complexity index is 909. The second-order valence-corrected chi connectivity index (χ2v) is 6.77. The van der Waals surface area contributed by atoms with Crippen LogP contribution in [0.1, 0.15) is 40.6 Å². The molecule has 27 heavy (non-hydrogen) atoms. The van der Waals surface area contributed by atoms with E-state index in [-0.39, 0.29) is 5.91 Å². The lowest BCUT2D eigenvalue weighted by molar-refractivity contribution is 0.102. The zero-order valence-corrected chi connectivity index (χ0v) is 15.3. The molecule has 1 aliphatic rings. The molecule has 2 N–H and O–H groups in total. The van der Waals surface area contributed by atoms with E-state index in [1.807, 2.05) is 52.7 Å². The first kappa shape index (κ1) is 17.4. The summed E-state index contributed by atoms with van der Waals surface area (Å²) in [5.41, 5.74) is 2.28. The molecule has 2 aromatic heterocycles. The van der Waals surface area contributed by atoms with Crippen molar-refractivity contribution in [2.75, 3.05) is 18.4 Å². The number of piperidine rings is 1. The number of hydrogen-bond donors (Lipinski definition) is 2. The van der Waals surface area contributed by atoms with Gasteiger partial charge in [-0.2, -0.15) is 0 Å². The highest BCUT2D eigenvalue weighted by atomic mass is 16.2. The molecule has 0 unspecified atom stereocenters. The maximum absolute atomic E-state index is 12.7. The molecule has 0 radical (unpaired) electrons. The van der Waals surface area contributed by atoms with E-state index in [9.17, 15) is 4.79 Å². The molecule has 8 nitrogen and oxygen atoms in total. The van der Waals surface area contributed by atoms with Crippen molar-refractivity contribution >= 4 is 11.9 Å². The van der Waals surface area contributed by atoms with E-state index in [1.54, 1.807) is 6.20 Å². The van der Waals surface area contributed by atoms with Gasteiger partial charge >= 0.3 is 0 Å². The molecule has 1 amide bonds. The Morgan fingerprint density at radius 1 is 1.26 bits per heavy atom. The smallest absolute Gasteiger partial charge is 0.280 e. The van der Waals surface area contributed by atoms with Gasteiger partial charge in [-0.05, 0) is 38.4 Å². The molecule has 140 valence electrons. The topological polar surface area (TPSA) is 89.7 Å². The second-order valence-electron chi connectivity index (χ2n) is 6.77. The highest BCUT2D eigenvalue weighted by Gasteiger charge is 2.23. The average Bonchev–Trinajstić information content (AvgIpc) is 3.30. The van der Waals surface area contributed by atoms with Gasteiger partial charge < -0.3 is 9.88 Å². The highest BCUT2D eigenvalue weighted by molar-refractivity contribution is 6.02. The number of nitrogens with zero attached hydrogens (tertiary/aromatic N) is 5. The largest absolute Gasteiger partial charge is 0.317 e. The zero-order chi connectivity index (χ0) is 18.6. The van der Waals surface area contributed by atoms with Crippen LogP contribution >= 0.6 is 0 Å². The van der Waals surface area contributed by atoms with Crippen molar-refractivity contribution in [2.24, 2.45) is 0 Å². The summed E-state index contributed by atoms with van der Waals surface area (Å²) in [6.07, 6.45) is 5.51. The molecule has 1 saturated heterocycles. The summed E-state index contributed by atoms with van der Waals surface area (Å²) in [7, 11) is 0.